The molecule has 2 aromatic carbocycles. The summed E-state index contributed by atoms with van der Waals surface area (Å²) in [5.74, 6) is 2.24. The number of nitrogens with zero attached hydrogens (tertiary/aromatic N) is 1. The molecule has 0 heterocycles. The van der Waals surface area contributed by atoms with Crippen molar-refractivity contribution in [1.82, 2.24) is 10.2 Å². The summed E-state index contributed by atoms with van der Waals surface area (Å²) >= 11 is 7.39. The standard InChI is InChI=1S/C16H23NO2.C14H21NO.CH4.3HI.2H2S.V/c1-4-10-17(12(2)18)14-8-9-15-13(11-14)6-5-7-16(15)19-3;1-3-9-15-12-7-8-13-11(10-12)5-4-6-14(13)16-2;;;;;;;/h5-7,14H,4,8-11H2,1-3H3;4-6,12,15H,3,7-10H2,1-2H3;1H4;3*1H;2*1H2;/q;;;;;;;;+3/p-3/t14-;;;;;;;;/m0......../s1. The van der Waals surface area contributed by atoms with Gasteiger partial charge in [-0.2, -0.15) is 27.0 Å². The number of nitrogens with one attached hydrogen (secondary N) is 1. The third-order valence-electron chi connectivity index (χ3n) is 7.28. The summed E-state index contributed by atoms with van der Waals surface area (Å²) in [6.07, 6.45) is 8.72. The van der Waals surface area contributed by atoms with E-state index in [-0.39, 0.29) is 45.2 Å². The Morgan fingerprint density at radius 3 is 1.86 bits per heavy atom. The first-order valence-electron chi connectivity index (χ1n) is 13.8. The molecule has 0 fully saturated rings. The molecule has 1 N–H and O–H groups in total. The molecule has 1 unspecified atom stereocenters. The summed E-state index contributed by atoms with van der Waals surface area (Å²) in [7, 11) is 3.48. The van der Waals surface area contributed by atoms with Crippen molar-refractivity contribution in [3.63, 3.8) is 0 Å². The van der Waals surface area contributed by atoms with Crippen molar-refractivity contribution in [2.24, 2.45) is 0 Å². The fraction of sp³-hybridized carbons (Fsp3) is 0.581. The van der Waals surface area contributed by atoms with Crippen LogP contribution in [0.2, 0.25) is 0 Å². The number of rotatable bonds is 8. The van der Waals surface area contributed by atoms with Gasteiger partial charge < -0.3 is 19.7 Å². The third kappa shape index (κ3) is 15.0. The van der Waals surface area contributed by atoms with E-state index in [1.807, 2.05) is 17.0 Å². The molecule has 0 radical (unpaired) electrons. The van der Waals surface area contributed by atoms with E-state index in [2.05, 4.69) is 103 Å². The van der Waals surface area contributed by atoms with E-state index >= 15 is 0 Å². The first kappa shape index (κ1) is 45.1. The topological polar surface area (TPSA) is 50.8 Å². The van der Waals surface area contributed by atoms with E-state index in [0.717, 1.165) is 63.1 Å². The van der Waals surface area contributed by atoms with Crippen molar-refractivity contribution in [1.29, 1.82) is 0 Å². The van der Waals surface area contributed by atoms with Gasteiger partial charge >= 0.3 is 64.9 Å². The number of benzene rings is 2. The zero-order chi connectivity index (χ0) is 28.8. The molecule has 11 heteroatoms. The van der Waals surface area contributed by atoms with E-state index in [1.54, 1.807) is 21.1 Å². The third-order valence-corrected chi connectivity index (χ3v) is 7.28. The molecule has 0 saturated heterocycles. The Morgan fingerprint density at radius 1 is 0.905 bits per heavy atom. The van der Waals surface area contributed by atoms with Gasteiger partial charge in [0.15, 0.2) is 0 Å². The van der Waals surface area contributed by atoms with Gasteiger partial charge in [-0.05, 0) is 92.3 Å². The molecule has 0 saturated carbocycles. The van der Waals surface area contributed by atoms with Crippen LogP contribution >= 0.6 is 86.9 Å². The molecular formula is C31H52I3N2O3S2V. The average molecular weight is 997 g/mol. The summed E-state index contributed by atoms with van der Waals surface area (Å²) in [6, 6.07) is 13.6. The van der Waals surface area contributed by atoms with Crippen LogP contribution in [0.3, 0.4) is 0 Å². The van der Waals surface area contributed by atoms with Gasteiger partial charge in [0.2, 0.25) is 5.91 Å². The molecule has 4 rings (SSSR count). The van der Waals surface area contributed by atoms with Gasteiger partial charge in [-0.1, -0.05) is 45.5 Å². The van der Waals surface area contributed by atoms with E-state index in [9.17, 15) is 4.79 Å². The number of methoxy groups -OCH3 is 2. The second-order valence-corrected chi connectivity index (χ2v) is 45.3. The quantitative estimate of drug-likeness (QED) is 0.269. The Bertz CT molecular complexity index is 1030. The van der Waals surface area contributed by atoms with Crippen molar-refractivity contribution >= 4 is 92.8 Å². The summed E-state index contributed by atoms with van der Waals surface area (Å²) in [6.45, 7) is 8.00. The summed E-state index contributed by atoms with van der Waals surface area (Å²) in [4.78, 5) is 13.5. The van der Waals surface area contributed by atoms with Gasteiger partial charge in [-0.15, -0.1) is 0 Å². The zero-order valence-electron chi connectivity index (χ0n) is 24.9. The molecular weight excluding hydrogens is 944 g/mol. The Labute approximate surface area is 307 Å². The first-order chi connectivity index (χ1) is 18.7. The van der Waals surface area contributed by atoms with Crippen LogP contribution in [0.1, 0.15) is 76.1 Å². The number of hydrogen-bond acceptors (Lipinski definition) is 4. The molecule has 2 atom stereocenters. The molecule has 2 aliphatic rings. The predicted octanol–water partition coefficient (Wildman–Crippen LogP) is 8.88. The SMILES string of the molecule is C.CCCN(C(C)=O)[C@H]1CCc2c(cccc2OC)C1.CCCNC1CCc2c(cccc2OC)C1.S.S.[I][V]([I])[I]. The fourth-order valence-electron chi connectivity index (χ4n) is 5.53. The van der Waals surface area contributed by atoms with Crippen molar-refractivity contribution in [2.45, 2.75) is 91.6 Å². The van der Waals surface area contributed by atoms with Crippen LogP contribution in [0.5, 0.6) is 11.5 Å². The van der Waals surface area contributed by atoms with Crippen molar-refractivity contribution < 1.29 is 19.2 Å². The molecule has 0 spiro atoms. The summed E-state index contributed by atoms with van der Waals surface area (Å²) in [5, 5.41) is 3.61. The van der Waals surface area contributed by atoms with Crippen LogP contribution in [0, 0.1) is 0 Å². The molecule has 5 nitrogen and oxygen atoms in total. The second-order valence-electron chi connectivity index (χ2n) is 9.89. The Balaban J connectivity index is 0. The number of carbonyl (C=O) groups excluding carboxylic acids is 1. The Morgan fingerprint density at radius 2 is 1.40 bits per heavy atom. The minimum atomic E-state index is -0.278. The summed E-state index contributed by atoms with van der Waals surface area (Å²) in [5.41, 5.74) is 5.53. The maximum atomic E-state index is 11.8. The van der Waals surface area contributed by atoms with Gasteiger partial charge in [0, 0.05) is 25.6 Å². The number of halogens is 3. The monoisotopic (exact) mass is 996 g/mol. The molecule has 242 valence electrons. The Hall–Kier alpha value is 0.944. The van der Waals surface area contributed by atoms with E-state index in [1.165, 1.54) is 35.1 Å². The van der Waals surface area contributed by atoms with Gasteiger partial charge in [0.1, 0.15) is 11.5 Å². The predicted molar refractivity (Wildman–Crippen MR) is 213 cm³/mol. The second kappa shape index (κ2) is 25.1. The molecule has 2 aromatic rings. The minimum absolute atomic E-state index is 0. The van der Waals surface area contributed by atoms with Crippen LogP contribution < -0.4 is 14.8 Å². The van der Waals surface area contributed by atoms with Crippen molar-refractivity contribution in [2.75, 3.05) is 27.3 Å². The van der Waals surface area contributed by atoms with Crippen molar-refractivity contribution in [3.8, 4) is 11.5 Å². The number of ether oxygens (including phenoxy) is 2. The normalized spacial score (nSPS) is 16.2. The van der Waals surface area contributed by atoms with Crippen LogP contribution in [0.25, 0.3) is 0 Å². The van der Waals surface area contributed by atoms with Crippen molar-refractivity contribution in [3.05, 3.63) is 58.7 Å². The van der Waals surface area contributed by atoms with Crippen LogP contribution in [-0.2, 0) is 35.4 Å². The fourth-order valence-corrected chi connectivity index (χ4v) is 5.53. The molecule has 42 heavy (non-hydrogen) atoms. The first-order valence-corrected chi connectivity index (χ1v) is 27.3. The zero-order valence-corrected chi connectivity index (χ0v) is 34.8. The number of hydrogen-bond donors (Lipinski definition) is 1. The Kier molecular flexibility index (Phi) is 26.9. The van der Waals surface area contributed by atoms with Crippen LogP contribution in [-0.4, -0.2) is 50.2 Å². The average Bonchev–Trinajstić information content (AvgIpc) is 2.93. The van der Waals surface area contributed by atoms with Gasteiger partial charge in [0.05, 0.1) is 14.2 Å². The van der Waals surface area contributed by atoms with Crippen LogP contribution in [0.15, 0.2) is 36.4 Å². The number of amides is 1. The van der Waals surface area contributed by atoms with Gasteiger partial charge in [0.25, 0.3) is 0 Å². The molecule has 2 aliphatic carbocycles. The van der Waals surface area contributed by atoms with Gasteiger partial charge in [-0.25, -0.2) is 0 Å². The maximum absolute atomic E-state index is 11.8. The molecule has 0 bridgehead atoms. The van der Waals surface area contributed by atoms with E-state index < -0.39 is 0 Å². The van der Waals surface area contributed by atoms with E-state index in [4.69, 9.17) is 9.47 Å². The number of carbonyl (C=O) groups is 1. The number of fused-ring (bicyclic) bond motifs is 2. The molecule has 0 aliphatic heterocycles. The van der Waals surface area contributed by atoms with E-state index in [0.29, 0.717) is 12.1 Å². The molecule has 0 aromatic heterocycles. The summed E-state index contributed by atoms with van der Waals surface area (Å²) < 4.78 is 10.8. The van der Waals surface area contributed by atoms with Crippen LogP contribution in [0.4, 0.5) is 0 Å². The molecule has 1 amide bonds. The van der Waals surface area contributed by atoms with Gasteiger partial charge in [-0.3, -0.25) is 4.79 Å².